The fourth-order valence-corrected chi connectivity index (χ4v) is 5.84. The molecule has 0 saturated carbocycles. The molecule has 1 aromatic rings. The van der Waals surface area contributed by atoms with Gasteiger partial charge in [-0.05, 0) is 48.9 Å². The maximum Gasteiger partial charge on any atom is 0.294 e. The van der Waals surface area contributed by atoms with Crippen LogP contribution >= 0.6 is 11.8 Å². The molecule has 0 aliphatic carbocycles. The Kier molecular flexibility index (Phi) is 5.90. The number of thioether (sulfide) groups is 1. The summed E-state index contributed by atoms with van der Waals surface area (Å²) in [5.41, 5.74) is 0.433. The van der Waals surface area contributed by atoms with Gasteiger partial charge in [0.05, 0.1) is 16.4 Å². The molecular formula is C18H19FN2O5S2. The summed E-state index contributed by atoms with van der Waals surface area (Å²) in [7, 11) is -3.17. The van der Waals surface area contributed by atoms with Crippen molar-refractivity contribution in [3.05, 3.63) is 40.6 Å². The van der Waals surface area contributed by atoms with Crippen molar-refractivity contribution in [2.45, 2.75) is 19.4 Å². The van der Waals surface area contributed by atoms with E-state index in [1.807, 2.05) is 0 Å². The summed E-state index contributed by atoms with van der Waals surface area (Å²) in [6, 6.07) is 5.15. The highest BCUT2D eigenvalue weighted by molar-refractivity contribution is 8.18. The highest BCUT2D eigenvalue weighted by atomic mass is 32.2. The molecule has 2 saturated heterocycles. The lowest BCUT2D eigenvalue weighted by Crippen LogP contribution is -2.47. The Morgan fingerprint density at radius 2 is 2.14 bits per heavy atom. The van der Waals surface area contributed by atoms with E-state index in [2.05, 4.69) is 0 Å². The van der Waals surface area contributed by atoms with E-state index >= 15 is 0 Å². The number of sulfone groups is 1. The van der Waals surface area contributed by atoms with Crippen molar-refractivity contribution < 1.29 is 27.2 Å². The summed E-state index contributed by atoms with van der Waals surface area (Å²) < 4.78 is 36.7. The van der Waals surface area contributed by atoms with Crippen LogP contribution in [0.15, 0.2) is 29.2 Å². The predicted octanol–water partition coefficient (Wildman–Crippen LogP) is 1.90. The molecule has 2 heterocycles. The zero-order valence-electron chi connectivity index (χ0n) is 15.1. The summed E-state index contributed by atoms with van der Waals surface area (Å²) >= 11 is 0.685. The molecule has 1 aromatic carbocycles. The highest BCUT2D eigenvalue weighted by Crippen LogP contribution is 2.32. The average Bonchev–Trinajstić information content (AvgIpc) is 3.10. The van der Waals surface area contributed by atoms with Crippen molar-refractivity contribution in [1.29, 1.82) is 0 Å². The molecule has 150 valence electrons. The highest BCUT2D eigenvalue weighted by Gasteiger charge is 2.39. The second-order valence-electron chi connectivity index (χ2n) is 6.56. The molecule has 2 aliphatic rings. The molecule has 0 bridgehead atoms. The Balaban J connectivity index is 1.72. The van der Waals surface area contributed by atoms with Gasteiger partial charge in [0, 0.05) is 12.6 Å². The molecule has 0 radical (unpaired) electrons. The third-order valence-corrected chi connectivity index (χ3v) is 7.28. The van der Waals surface area contributed by atoms with Gasteiger partial charge in [0.1, 0.15) is 12.4 Å². The minimum absolute atomic E-state index is 0.0272. The van der Waals surface area contributed by atoms with Crippen LogP contribution in [0.25, 0.3) is 6.08 Å². The van der Waals surface area contributed by atoms with E-state index < -0.39 is 45.3 Å². The Hall–Kier alpha value is -2.20. The van der Waals surface area contributed by atoms with Crippen LogP contribution in [0.2, 0.25) is 0 Å². The van der Waals surface area contributed by atoms with Crippen molar-refractivity contribution in [3.8, 4) is 0 Å². The molecule has 0 aromatic heterocycles. The Morgan fingerprint density at radius 3 is 2.75 bits per heavy atom. The van der Waals surface area contributed by atoms with E-state index in [1.165, 1.54) is 29.2 Å². The van der Waals surface area contributed by atoms with E-state index in [0.717, 1.165) is 4.90 Å². The van der Waals surface area contributed by atoms with Crippen LogP contribution in [0.4, 0.5) is 9.18 Å². The summed E-state index contributed by atoms with van der Waals surface area (Å²) in [4.78, 5) is 39.7. The van der Waals surface area contributed by atoms with Gasteiger partial charge in [-0.1, -0.05) is 12.1 Å². The molecule has 3 amide bonds. The first-order valence-electron chi connectivity index (χ1n) is 8.71. The second kappa shape index (κ2) is 8.04. The van der Waals surface area contributed by atoms with E-state index in [1.54, 1.807) is 13.0 Å². The number of amides is 3. The summed E-state index contributed by atoms with van der Waals surface area (Å²) in [5, 5.41) is -0.587. The number of hydrogen-bond acceptors (Lipinski definition) is 6. The largest absolute Gasteiger partial charge is 0.337 e. The van der Waals surface area contributed by atoms with Crippen LogP contribution in [0.1, 0.15) is 18.9 Å². The third kappa shape index (κ3) is 4.44. The smallest absolute Gasteiger partial charge is 0.294 e. The lowest BCUT2D eigenvalue weighted by atomic mass is 10.2. The van der Waals surface area contributed by atoms with E-state index in [-0.39, 0.29) is 23.0 Å². The van der Waals surface area contributed by atoms with Crippen molar-refractivity contribution in [2.24, 2.45) is 0 Å². The quantitative estimate of drug-likeness (QED) is 0.668. The van der Waals surface area contributed by atoms with Crippen LogP contribution in [0.3, 0.4) is 0 Å². The fourth-order valence-electron chi connectivity index (χ4n) is 3.27. The number of benzene rings is 1. The van der Waals surface area contributed by atoms with Crippen LogP contribution in [0.5, 0.6) is 0 Å². The van der Waals surface area contributed by atoms with Crippen molar-refractivity contribution in [1.82, 2.24) is 9.80 Å². The van der Waals surface area contributed by atoms with Gasteiger partial charge in [0.2, 0.25) is 5.91 Å². The molecule has 2 aliphatic heterocycles. The zero-order chi connectivity index (χ0) is 20.5. The van der Waals surface area contributed by atoms with E-state index in [9.17, 15) is 27.2 Å². The van der Waals surface area contributed by atoms with Gasteiger partial charge in [-0.3, -0.25) is 19.3 Å². The van der Waals surface area contributed by atoms with Crippen molar-refractivity contribution in [3.63, 3.8) is 0 Å². The number of rotatable bonds is 5. The Bertz CT molecular complexity index is 960. The molecule has 28 heavy (non-hydrogen) atoms. The van der Waals surface area contributed by atoms with E-state index in [0.29, 0.717) is 23.7 Å². The summed E-state index contributed by atoms with van der Waals surface area (Å²) in [6.45, 7) is 1.56. The van der Waals surface area contributed by atoms with E-state index in [4.69, 9.17) is 0 Å². The molecule has 0 N–H and O–H groups in total. The van der Waals surface area contributed by atoms with Gasteiger partial charge >= 0.3 is 0 Å². The standard InChI is InChI=1S/C18H19FN2O5S2/c1-2-20(14-6-7-28(25,26)11-14)16(22)10-21-17(23)15(27-18(21)24)9-12-4-3-5-13(19)8-12/h3-5,8-9,14H,2,6-7,10-11H2,1H3/b15-9-/t14-/m1/s1. The zero-order valence-corrected chi connectivity index (χ0v) is 16.8. The average molecular weight is 426 g/mol. The Labute approximate surface area is 166 Å². The van der Waals surface area contributed by atoms with Gasteiger partial charge < -0.3 is 4.90 Å². The molecule has 1 atom stereocenters. The van der Waals surface area contributed by atoms with Gasteiger partial charge in [0.15, 0.2) is 9.84 Å². The van der Waals surface area contributed by atoms with Crippen molar-refractivity contribution >= 4 is 44.7 Å². The molecule has 3 rings (SSSR count). The summed E-state index contributed by atoms with van der Waals surface area (Å²) in [5.74, 6) is -1.64. The number of nitrogens with zero attached hydrogens (tertiary/aromatic N) is 2. The first-order valence-corrected chi connectivity index (χ1v) is 11.3. The molecule has 0 unspecified atom stereocenters. The summed E-state index contributed by atoms with van der Waals surface area (Å²) in [6.07, 6.45) is 1.75. The number of imide groups is 1. The van der Waals surface area contributed by atoms with Crippen LogP contribution in [-0.4, -0.2) is 65.9 Å². The molecule has 10 heteroatoms. The fraction of sp³-hybridized carbons (Fsp3) is 0.389. The van der Waals surface area contributed by atoms with Gasteiger partial charge in [-0.25, -0.2) is 12.8 Å². The lowest BCUT2D eigenvalue weighted by Gasteiger charge is -2.28. The topological polar surface area (TPSA) is 91.8 Å². The Morgan fingerprint density at radius 1 is 1.39 bits per heavy atom. The number of likely N-dealkylation sites (N-methyl/N-ethyl adjacent to an activating group) is 1. The number of hydrogen-bond donors (Lipinski definition) is 0. The molecule has 7 nitrogen and oxygen atoms in total. The monoisotopic (exact) mass is 426 g/mol. The first kappa shape index (κ1) is 20.5. The minimum atomic E-state index is -3.17. The van der Waals surface area contributed by atoms with Crippen LogP contribution in [-0.2, 0) is 19.4 Å². The minimum Gasteiger partial charge on any atom is -0.337 e. The molecule has 0 spiro atoms. The second-order valence-corrected chi connectivity index (χ2v) is 9.78. The maximum absolute atomic E-state index is 13.3. The van der Waals surface area contributed by atoms with Crippen LogP contribution < -0.4 is 0 Å². The number of carbonyl (C=O) groups excluding carboxylic acids is 3. The SMILES string of the molecule is CCN(C(=O)CN1C(=O)S/C(=C\c2cccc(F)c2)C1=O)[C@@H]1CCS(=O)(=O)C1. The molecule has 2 fully saturated rings. The van der Waals surface area contributed by atoms with Crippen molar-refractivity contribution in [2.75, 3.05) is 24.6 Å². The van der Waals surface area contributed by atoms with Gasteiger partial charge in [-0.2, -0.15) is 0 Å². The van der Waals surface area contributed by atoms with Gasteiger partial charge in [-0.15, -0.1) is 0 Å². The van der Waals surface area contributed by atoms with Crippen LogP contribution in [0, 0.1) is 5.82 Å². The molecular weight excluding hydrogens is 407 g/mol. The number of carbonyl (C=O) groups is 3. The third-order valence-electron chi connectivity index (χ3n) is 4.62. The predicted molar refractivity (Wildman–Crippen MR) is 104 cm³/mol. The van der Waals surface area contributed by atoms with Gasteiger partial charge in [0.25, 0.3) is 11.1 Å². The first-order chi connectivity index (χ1) is 13.2. The number of halogens is 1. The normalized spacial score (nSPS) is 22.9. The maximum atomic E-state index is 13.3. The lowest BCUT2D eigenvalue weighted by molar-refractivity contribution is -0.137.